The molecule has 1 unspecified atom stereocenters. The van der Waals surface area contributed by atoms with Gasteiger partial charge in [-0.2, -0.15) is 0 Å². The summed E-state index contributed by atoms with van der Waals surface area (Å²) >= 11 is 0. The van der Waals surface area contributed by atoms with E-state index in [1.165, 1.54) is 0 Å². The third-order valence-electron chi connectivity index (χ3n) is 3.33. The molecule has 0 radical (unpaired) electrons. The molecule has 2 heterocycles. The summed E-state index contributed by atoms with van der Waals surface area (Å²) in [4.78, 5) is 12.0. The van der Waals surface area contributed by atoms with E-state index < -0.39 is 5.60 Å². The number of ether oxygens (including phenoxy) is 2. The Morgan fingerprint density at radius 2 is 2.35 bits per heavy atom. The molecular formula is C13H20N4O3. The summed E-state index contributed by atoms with van der Waals surface area (Å²) in [6.07, 6.45) is 0.773. The number of methoxy groups -OCH3 is 1. The van der Waals surface area contributed by atoms with Gasteiger partial charge in [0.2, 0.25) is 0 Å². The molecule has 2 N–H and O–H groups in total. The van der Waals surface area contributed by atoms with E-state index in [0.717, 1.165) is 13.0 Å². The lowest BCUT2D eigenvalue weighted by atomic mass is 10.0. The molecule has 1 atom stereocenters. The normalized spacial score (nSPS) is 21.7. The molecular weight excluding hydrogens is 260 g/mol. The molecule has 7 nitrogen and oxygen atoms in total. The molecule has 0 aromatic carbocycles. The second-order valence-electron chi connectivity index (χ2n) is 4.71. The average Bonchev–Trinajstić information content (AvgIpc) is 2.95. The van der Waals surface area contributed by atoms with Gasteiger partial charge >= 0.3 is 0 Å². The van der Waals surface area contributed by atoms with Crippen molar-refractivity contribution < 1.29 is 14.3 Å². The number of carbonyl (C=O) groups excluding carboxylic acids is 1. The largest absolute Gasteiger partial charge is 0.378 e. The lowest BCUT2D eigenvalue weighted by molar-refractivity contribution is -0.0149. The van der Waals surface area contributed by atoms with Crippen LogP contribution in [-0.2, 0) is 9.47 Å². The van der Waals surface area contributed by atoms with Gasteiger partial charge in [-0.1, -0.05) is 0 Å². The van der Waals surface area contributed by atoms with Crippen LogP contribution in [0.3, 0.4) is 0 Å². The first kappa shape index (κ1) is 14.7. The molecule has 1 aromatic rings. The highest BCUT2D eigenvalue weighted by molar-refractivity contribution is 5.92. The minimum atomic E-state index is -0.424. The molecule has 0 spiro atoms. The van der Waals surface area contributed by atoms with E-state index in [9.17, 15) is 4.79 Å². The van der Waals surface area contributed by atoms with Gasteiger partial charge in [0.25, 0.3) is 5.91 Å². The highest BCUT2D eigenvalue weighted by Gasteiger charge is 2.35. The van der Waals surface area contributed by atoms with Crippen LogP contribution in [0.4, 0.5) is 5.82 Å². The number of aromatic nitrogens is 2. The first-order valence-electron chi connectivity index (χ1n) is 6.68. The molecule has 1 aliphatic heterocycles. The standard InChI is InChI=1S/C13H20N4O3/c1-3-14-11-5-4-10(16-17-11)12(18)15-8-13(19-2)6-7-20-9-13/h4-5H,3,6-9H2,1-2H3,(H,14,17)(H,15,18). The lowest BCUT2D eigenvalue weighted by Crippen LogP contribution is -2.45. The first-order valence-corrected chi connectivity index (χ1v) is 6.68. The number of nitrogens with zero attached hydrogens (tertiary/aromatic N) is 2. The van der Waals surface area contributed by atoms with Gasteiger partial charge in [-0.05, 0) is 19.1 Å². The van der Waals surface area contributed by atoms with Crippen molar-refractivity contribution in [1.29, 1.82) is 0 Å². The summed E-state index contributed by atoms with van der Waals surface area (Å²) in [5.41, 5.74) is -0.135. The van der Waals surface area contributed by atoms with Crippen molar-refractivity contribution in [1.82, 2.24) is 15.5 Å². The van der Waals surface area contributed by atoms with Crippen LogP contribution in [-0.4, -0.2) is 55.1 Å². The highest BCUT2D eigenvalue weighted by Crippen LogP contribution is 2.21. The Balaban J connectivity index is 1.91. The van der Waals surface area contributed by atoms with Crippen LogP contribution >= 0.6 is 0 Å². The molecule has 1 amide bonds. The van der Waals surface area contributed by atoms with E-state index in [2.05, 4.69) is 20.8 Å². The summed E-state index contributed by atoms with van der Waals surface area (Å²) < 4.78 is 10.8. The van der Waals surface area contributed by atoms with Gasteiger partial charge in [-0.25, -0.2) is 0 Å². The van der Waals surface area contributed by atoms with Crippen molar-refractivity contribution in [3.8, 4) is 0 Å². The van der Waals surface area contributed by atoms with E-state index in [1.54, 1.807) is 19.2 Å². The zero-order valence-electron chi connectivity index (χ0n) is 11.8. The van der Waals surface area contributed by atoms with Crippen LogP contribution in [0.25, 0.3) is 0 Å². The smallest absolute Gasteiger partial charge is 0.271 e. The Morgan fingerprint density at radius 3 is 2.90 bits per heavy atom. The van der Waals surface area contributed by atoms with Crippen molar-refractivity contribution in [3.63, 3.8) is 0 Å². The van der Waals surface area contributed by atoms with Gasteiger partial charge in [-0.15, -0.1) is 10.2 Å². The van der Waals surface area contributed by atoms with Gasteiger partial charge in [0.1, 0.15) is 11.4 Å². The van der Waals surface area contributed by atoms with Crippen LogP contribution < -0.4 is 10.6 Å². The molecule has 0 saturated carbocycles. The van der Waals surface area contributed by atoms with Crippen LogP contribution in [0, 0.1) is 0 Å². The summed E-state index contributed by atoms with van der Waals surface area (Å²) in [6.45, 7) is 4.28. The summed E-state index contributed by atoms with van der Waals surface area (Å²) in [5.74, 6) is 0.394. The Kier molecular flexibility index (Phi) is 4.86. The molecule has 0 bridgehead atoms. The highest BCUT2D eigenvalue weighted by atomic mass is 16.5. The number of hydrogen-bond acceptors (Lipinski definition) is 6. The molecule has 1 aromatic heterocycles. The van der Waals surface area contributed by atoms with E-state index in [0.29, 0.717) is 25.6 Å². The van der Waals surface area contributed by atoms with Gasteiger partial charge in [-0.3, -0.25) is 4.79 Å². The minimum absolute atomic E-state index is 0.260. The van der Waals surface area contributed by atoms with Crippen molar-refractivity contribution in [2.45, 2.75) is 18.9 Å². The molecule has 0 aliphatic carbocycles. The second-order valence-corrected chi connectivity index (χ2v) is 4.71. The molecule has 20 heavy (non-hydrogen) atoms. The Morgan fingerprint density at radius 1 is 1.50 bits per heavy atom. The maximum Gasteiger partial charge on any atom is 0.271 e. The summed E-state index contributed by atoms with van der Waals surface area (Å²) in [6, 6.07) is 3.38. The number of nitrogens with one attached hydrogen (secondary N) is 2. The summed E-state index contributed by atoms with van der Waals surface area (Å²) in [7, 11) is 1.63. The van der Waals surface area contributed by atoms with E-state index in [4.69, 9.17) is 9.47 Å². The molecule has 1 aliphatic rings. The van der Waals surface area contributed by atoms with Crippen molar-refractivity contribution in [2.24, 2.45) is 0 Å². The Hall–Kier alpha value is -1.73. The number of anilines is 1. The summed E-state index contributed by atoms with van der Waals surface area (Å²) in [5, 5.41) is 13.7. The number of rotatable bonds is 6. The maximum absolute atomic E-state index is 12.0. The molecule has 1 fully saturated rings. The average molecular weight is 280 g/mol. The molecule has 7 heteroatoms. The third kappa shape index (κ3) is 3.43. The Labute approximate surface area is 118 Å². The lowest BCUT2D eigenvalue weighted by Gasteiger charge is -2.25. The second kappa shape index (κ2) is 6.62. The number of carbonyl (C=O) groups is 1. The van der Waals surface area contributed by atoms with Crippen molar-refractivity contribution >= 4 is 11.7 Å². The SMILES string of the molecule is CCNc1ccc(C(=O)NCC2(OC)CCOC2)nn1. The zero-order valence-corrected chi connectivity index (χ0v) is 11.8. The van der Waals surface area contributed by atoms with E-state index >= 15 is 0 Å². The topological polar surface area (TPSA) is 85.4 Å². The molecule has 1 saturated heterocycles. The van der Waals surface area contributed by atoms with Gasteiger partial charge in [0.15, 0.2) is 5.69 Å². The van der Waals surface area contributed by atoms with Gasteiger partial charge < -0.3 is 20.1 Å². The van der Waals surface area contributed by atoms with Crippen LogP contribution in [0.2, 0.25) is 0 Å². The monoisotopic (exact) mass is 280 g/mol. The number of amides is 1. The van der Waals surface area contributed by atoms with Crippen molar-refractivity contribution in [3.05, 3.63) is 17.8 Å². The van der Waals surface area contributed by atoms with Crippen LogP contribution in [0.1, 0.15) is 23.8 Å². The fourth-order valence-corrected chi connectivity index (χ4v) is 2.02. The maximum atomic E-state index is 12.0. The third-order valence-corrected chi connectivity index (χ3v) is 3.33. The Bertz CT molecular complexity index is 443. The molecule has 110 valence electrons. The zero-order chi connectivity index (χ0) is 14.4. The van der Waals surface area contributed by atoms with E-state index in [1.807, 2.05) is 6.92 Å². The van der Waals surface area contributed by atoms with Crippen LogP contribution in [0.5, 0.6) is 0 Å². The van der Waals surface area contributed by atoms with E-state index in [-0.39, 0.29) is 11.6 Å². The fourth-order valence-electron chi connectivity index (χ4n) is 2.02. The minimum Gasteiger partial charge on any atom is -0.378 e. The van der Waals surface area contributed by atoms with Gasteiger partial charge in [0, 0.05) is 33.2 Å². The first-order chi connectivity index (χ1) is 9.69. The molecule has 2 rings (SSSR count). The van der Waals surface area contributed by atoms with Gasteiger partial charge in [0.05, 0.1) is 6.61 Å². The quantitative estimate of drug-likeness (QED) is 0.786. The predicted octanol–water partition coefficient (Wildman–Crippen LogP) is 0.444. The number of hydrogen-bond donors (Lipinski definition) is 2. The fraction of sp³-hybridized carbons (Fsp3) is 0.615. The van der Waals surface area contributed by atoms with Crippen molar-refractivity contribution in [2.75, 3.05) is 38.7 Å². The van der Waals surface area contributed by atoms with Crippen LogP contribution in [0.15, 0.2) is 12.1 Å². The predicted molar refractivity (Wildman–Crippen MR) is 73.7 cm³/mol.